The molecule has 0 saturated carbocycles. The number of fused-ring (bicyclic) bond motifs is 1. The second-order valence-corrected chi connectivity index (χ2v) is 8.81. The Hall–Kier alpha value is -3.17. The second kappa shape index (κ2) is 9.36. The van der Waals surface area contributed by atoms with E-state index in [9.17, 15) is 9.59 Å². The van der Waals surface area contributed by atoms with Crippen molar-refractivity contribution >= 4 is 45.7 Å². The van der Waals surface area contributed by atoms with Gasteiger partial charge in [0.05, 0.1) is 11.7 Å². The molecule has 2 aromatic heterocycles. The Balaban J connectivity index is 1.62. The lowest BCUT2D eigenvalue weighted by atomic mass is 10.2. The topological polar surface area (TPSA) is 92.6 Å². The number of rotatable bonds is 6. The van der Waals surface area contributed by atoms with Crippen molar-refractivity contribution < 1.29 is 9.53 Å². The average molecular weight is 471 g/mol. The Morgan fingerprint density at radius 2 is 2.06 bits per heavy atom. The van der Waals surface area contributed by atoms with Gasteiger partial charge in [-0.1, -0.05) is 11.6 Å². The molecule has 33 heavy (non-hydrogen) atoms. The van der Waals surface area contributed by atoms with Crippen molar-refractivity contribution in [2.24, 2.45) is 7.05 Å². The lowest BCUT2D eigenvalue weighted by molar-refractivity contribution is -0.118. The summed E-state index contributed by atoms with van der Waals surface area (Å²) in [6.07, 6.45) is 1.60. The normalized spacial score (nSPS) is 16.8. The van der Waals surface area contributed by atoms with E-state index in [-0.39, 0.29) is 23.7 Å². The van der Waals surface area contributed by atoms with Crippen molar-refractivity contribution in [1.29, 1.82) is 0 Å². The molecule has 1 aromatic carbocycles. The molecule has 10 heteroatoms. The van der Waals surface area contributed by atoms with Gasteiger partial charge in [0.1, 0.15) is 11.6 Å². The van der Waals surface area contributed by atoms with E-state index in [1.807, 2.05) is 18.2 Å². The minimum absolute atomic E-state index is 0.129. The van der Waals surface area contributed by atoms with Crippen molar-refractivity contribution in [3.63, 3.8) is 0 Å². The molecule has 0 spiro atoms. The highest BCUT2D eigenvalue weighted by molar-refractivity contribution is 6.32. The third kappa shape index (κ3) is 4.94. The van der Waals surface area contributed by atoms with E-state index in [2.05, 4.69) is 39.1 Å². The fourth-order valence-corrected chi connectivity index (χ4v) is 3.92. The van der Waals surface area contributed by atoms with Crippen molar-refractivity contribution in [2.45, 2.75) is 19.9 Å². The van der Waals surface area contributed by atoms with Gasteiger partial charge in [-0.15, -0.1) is 0 Å². The molecule has 174 valence electrons. The number of nitrogens with one attached hydrogen (secondary N) is 1. The quantitative estimate of drug-likeness (QED) is 0.588. The highest BCUT2D eigenvalue weighted by Crippen LogP contribution is 2.28. The van der Waals surface area contributed by atoms with Crippen LogP contribution in [-0.4, -0.2) is 64.5 Å². The van der Waals surface area contributed by atoms with Crippen LogP contribution in [0.1, 0.15) is 13.8 Å². The fraction of sp³-hybridized carbons (Fsp3) is 0.391. The monoisotopic (exact) mass is 470 g/mol. The molecule has 4 rings (SSSR count). The highest BCUT2D eigenvalue weighted by atomic mass is 35.5. The molecule has 1 aliphatic heterocycles. The summed E-state index contributed by atoms with van der Waals surface area (Å²) in [4.78, 5) is 37.3. The standard InChI is InChI=1S/C23H27ClN6O3/c1-14-12-30(8-7-28(14)3)23-25-11-18(24)21(27-23)26-17-5-6-19-16(9-17)10-20(22(32)29(19)4)33-13-15(2)31/h5-6,9-11,14H,7-8,12-13H2,1-4H3,(H,25,26,27). The van der Waals surface area contributed by atoms with Crippen molar-refractivity contribution in [1.82, 2.24) is 19.4 Å². The van der Waals surface area contributed by atoms with Crippen LogP contribution in [0.5, 0.6) is 5.75 Å². The third-order valence-corrected chi connectivity index (χ3v) is 6.14. The average Bonchev–Trinajstić information content (AvgIpc) is 2.78. The number of benzene rings is 1. The van der Waals surface area contributed by atoms with Gasteiger partial charge in [-0.3, -0.25) is 9.59 Å². The maximum Gasteiger partial charge on any atom is 0.293 e. The summed E-state index contributed by atoms with van der Waals surface area (Å²) in [5.74, 6) is 1.11. The number of aromatic nitrogens is 3. The van der Waals surface area contributed by atoms with E-state index in [0.717, 1.165) is 36.2 Å². The Morgan fingerprint density at radius 1 is 1.27 bits per heavy atom. The highest BCUT2D eigenvalue weighted by Gasteiger charge is 2.23. The van der Waals surface area contributed by atoms with Crippen LogP contribution in [-0.2, 0) is 11.8 Å². The van der Waals surface area contributed by atoms with Crippen LogP contribution in [0.25, 0.3) is 10.9 Å². The van der Waals surface area contributed by atoms with Crippen molar-refractivity contribution in [3.8, 4) is 5.75 Å². The summed E-state index contributed by atoms with van der Waals surface area (Å²) in [5.41, 5.74) is 1.19. The van der Waals surface area contributed by atoms with Crippen LogP contribution in [0.2, 0.25) is 5.02 Å². The molecular formula is C23H27ClN6O3. The molecule has 0 radical (unpaired) electrons. The molecule has 3 heterocycles. The molecule has 1 saturated heterocycles. The minimum Gasteiger partial charge on any atom is -0.480 e. The smallest absolute Gasteiger partial charge is 0.293 e. The zero-order chi connectivity index (χ0) is 23.7. The molecule has 0 amide bonds. The van der Waals surface area contributed by atoms with E-state index >= 15 is 0 Å². The van der Waals surface area contributed by atoms with Crippen molar-refractivity contribution in [2.75, 3.05) is 43.5 Å². The van der Waals surface area contributed by atoms with E-state index in [1.54, 1.807) is 19.3 Å². The summed E-state index contributed by atoms with van der Waals surface area (Å²) < 4.78 is 6.91. The first kappa shape index (κ1) is 23.0. The summed E-state index contributed by atoms with van der Waals surface area (Å²) in [5, 5.41) is 4.45. The van der Waals surface area contributed by atoms with Gasteiger partial charge in [0.15, 0.2) is 17.4 Å². The Morgan fingerprint density at radius 3 is 2.79 bits per heavy atom. The SMILES string of the molecule is CC(=O)COc1cc2cc(Nc3nc(N4CCN(C)C(C)C4)ncc3Cl)ccc2n(C)c1=O. The maximum atomic E-state index is 12.5. The Labute approximate surface area is 196 Å². The van der Waals surface area contributed by atoms with Gasteiger partial charge >= 0.3 is 0 Å². The number of pyridine rings is 1. The summed E-state index contributed by atoms with van der Waals surface area (Å²) >= 11 is 6.39. The number of Topliss-reactive ketones (excluding diaryl/α,β-unsaturated/α-hetero) is 1. The van der Waals surface area contributed by atoms with Gasteiger partial charge in [-0.05, 0) is 45.2 Å². The zero-order valence-electron chi connectivity index (χ0n) is 19.1. The number of anilines is 3. The number of hydrogen-bond acceptors (Lipinski definition) is 8. The molecular weight excluding hydrogens is 444 g/mol. The van der Waals surface area contributed by atoms with Crippen LogP contribution in [0, 0.1) is 0 Å². The Bertz CT molecular complexity index is 1260. The van der Waals surface area contributed by atoms with Gasteiger partial charge in [-0.25, -0.2) is 4.98 Å². The zero-order valence-corrected chi connectivity index (χ0v) is 19.9. The number of ether oxygens (including phenoxy) is 1. The molecule has 1 unspecified atom stereocenters. The number of carbonyl (C=O) groups is 1. The van der Waals surface area contributed by atoms with Gasteiger partial charge in [0, 0.05) is 43.8 Å². The molecule has 0 aliphatic carbocycles. The first-order valence-electron chi connectivity index (χ1n) is 10.7. The molecule has 3 aromatic rings. The molecule has 1 N–H and O–H groups in total. The van der Waals surface area contributed by atoms with E-state index in [4.69, 9.17) is 16.3 Å². The largest absolute Gasteiger partial charge is 0.480 e. The number of halogens is 1. The fourth-order valence-electron chi connectivity index (χ4n) is 3.78. The van der Waals surface area contributed by atoms with Gasteiger partial charge in [0.25, 0.3) is 5.56 Å². The third-order valence-electron chi connectivity index (χ3n) is 5.86. The van der Waals surface area contributed by atoms with E-state index < -0.39 is 0 Å². The summed E-state index contributed by atoms with van der Waals surface area (Å²) in [6.45, 7) is 6.06. The van der Waals surface area contributed by atoms with Crippen LogP contribution < -0.4 is 20.5 Å². The predicted octanol–water partition coefficient (Wildman–Crippen LogP) is 2.83. The number of likely N-dealkylation sites (N-methyl/N-ethyl adjacent to an activating group) is 1. The van der Waals surface area contributed by atoms with Crippen molar-refractivity contribution in [3.05, 3.63) is 45.8 Å². The molecule has 1 aliphatic rings. The van der Waals surface area contributed by atoms with Gasteiger partial charge < -0.3 is 24.4 Å². The number of hydrogen-bond donors (Lipinski definition) is 1. The van der Waals surface area contributed by atoms with Crippen LogP contribution in [0.4, 0.5) is 17.5 Å². The second-order valence-electron chi connectivity index (χ2n) is 8.40. The van der Waals surface area contributed by atoms with E-state index in [0.29, 0.717) is 22.8 Å². The summed E-state index contributed by atoms with van der Waals surface area (Å²) in [7, 11) is 3.78. The number of piperazine rings is 1. The lowest BCUT2D eigenvalue weighted by Crippen LogP contribution is -2.50. The number of carbonyl (C=O) groups excluding carboxylic acids is 1. The number of ketones is 1. The number of aryl methyl sites for hydroxylation is 1. The van der Waals surface area contributed by atoms with Gasteiger partial charge in [0.2, 0.25) is 5.95 Å². The van der Waals surface area contributed by atoms with Crippen LogP contribution in [0.3, 0.4) is 0 Å². The summed E-state index contributed by atoms with van der Waals surface area (Å²) in [6, 6.07) is 7.62. The molecule has 1 atom stereocenters. The molecule has 1 fully saturated rings. The lowest BCUT2D eigenvalue weighted by Gasteiger charge is -2.37. The van der Waals surface area contributed by atoms with E-state index in [1.165, 1.54) is 11.5 Å². The molecule has 9 nitrogen and oxygen atoms in total. The van der Waals surface area contributed by atoms with Gasteiger partial charge in [-0.2, -0.15) is 4.98 Å². The molecule has 0 bridgehead atoms. The minimum atomic E-state index is -0.297. The predicted molar refractivity (Wildman–Crippen MR) is 130 cm³/mol. The maximum absolute atomic E-state index is 12.5. The number of nitrogens with zero attached hydrogens (tertiary/aromatic N) is 5. The Kier molecular flexibility index (Phi) is 6.53. The first-order valence-corrected chi connectivity index (χ1v) is 11.1. The van der Waals surface area contributed by atoms with Crippen LogP contribution >= 0.6 is 11.6 Å². The van der Waals surface area contributed by atoms with Crippen LogP contribution in [0.15, 0.2) is 35.3 Å². The first-order chi connectivity index (χ1) is 15.7.